The van der Waals surface area contributed by atoms with E-state index < -0.39 is 28.7 Å². The summed E-state index contributed by atoms with van der Waals surface area (Å²) < 4.78 is 34.6. The standard InChI is InChI=1S/C30H38N4O5S/c1-22-15-16-23(2)27(17-22)34(40(37,38)32(4)5)21-29(35)33(20-25-13-10-14-26(18-25)39-6)28(30(36)31-3)19-24-11-8-7-9-12-24/h7-18,28H,19-21H2,1-6H3,(H,31,36)/t28-/m0/s1. The van der Waals surface area contributed by atoms with E-state index in [9.17, 15) is 18.0 Å². The smallest absolute Gasteiger partial charge is 0.304 e. The Hall–Kier alpha value is -3.89. The number of methoxy groups -OCH3 is 1. The molecule has 0 aliphatic heterocycles. The fourth-order valence-corrected chi connectivity index (χ4v) is 5.49. The molecule has 3 rings (SSSR count). The zero-order valence-corrected chi connectivity index (χ0v) is 24.7. The maximum absolute atomic E-state index is 14.2. The number of amides is 2. The van der Waals surface area contributed by atoms with Gasteiger partial charge in [-0.25, -0.2) is 4.31 Å². The first-order chi connectivity index (χ1) is 19.0. The second-order valence-corrected chi connectivity index (χ2v) is 11.8. The van der Waals surface area contributed by atoms with Gasteiger partial charge < -0.3 is 15.0 Å². The summed E-state index contributed by atoms with van der Waals surface area (Å²) in [5.41, 5.74) is 3.57. The van der Waals surface area contributed by atoms with Gasteiger partial charge >= 0.3 is 10.2 Å². The van der Waals surface area contributed by atoms with Crippen LogP contribution in [0.2, 0.25) is 0 Å². The van der Waals surface area contributed by atoms with Crippen molar-refractivity contribution in [2.24, 2.45) is 0 Å². The molecule has 3 aromatic carbocycles. The Bertz CT molecular complexity index is 1430. The van der Waals surface area contributed by atoms with Gasteiger partial charge in [0.15, 0.2) is 0 Å². The minimum Gasteiger partial charge on any atom is -0.497 e. The second kappa shape index (κ2) is 13.5. The normalized spacial score (nSPS) is 12.1. The lowest BCUT2D eigenvalue weighted by Gasteiger charge is -2.34. The summed E-state index contributed by atoms with van der Waals surface area (Å²) in [6.45, 7) is 3.25. The molecule has 2 amide bonds. The molecule has 0 fully saturated rings. The van der Waals surface area contributed by atoms with E-state index in [1.165, 1.54) is 26.0 Å². The van der Waals surface area contributed by atoms with Crippen molar-refractivity contribution in [1.82, 2.24) is 14.5 Å². The summed E-state index contributed by atoms with van der Waals surface area (Å²) in [6.07, 6.45) is 0.250. The fourth-order valence-electron chi connectivity index (χ4n) is 4.38. The first kappa shape index (κ1) is 30.6. The number of nitrogens with one attached hydrogen (secondary N) is 1. The molecule has 1 atom stereocenters. The first-order valence-electron chi connectivity index (χ1n) is 12.9. The summed E-state index contributed by atoms with van der Waals surface area (Å²) in [4.78, 5) is 28.9. The number of aryl methyl sites for hydroxylation is 2. The molecule has 0 saturated heterocycles. The molecule has 0 heterocycles. The highest BCUT2D eigenvalue weighted by Gasteiger charge is 2.35. The topological polar surface area (TPSA) is 99.3 Å². The third kappa shape index (κ3) is 7.40. The molecule has 0 aliphatic rings. The van der Waals surface area contributed by atoms with Crippen molar-refractivity contribution in [2.75, 3.05) is 39.1 Å². The number of ether oxygens (including phenoxy) is 1. The molecule has 9 nitrogen and oxygen atoms in total. The minimum atomic E-state index is -4.06. The lowest BCUT2D eigenvalue weighted by molar-refractivity contribution is -0.139. The highest BCUT2D eigenvalue weighted by molar-refractivity contribution is 7.90. The Morgan fingerprint density at radius 2 is 1.60 bits per heavy atom. The zero-order valence-electron chi connectivity index (χ0n) is 23.9. The van der Waals surface area contributed by atoms with Gasteiger partial charge in [-0.15, -0.1) is 0 Å². The van der Waals surface area contributed by atoms with E-state index in [2.05, 4.69) is 5.32 Å². The van der Waals surface area contributed by atoms with Gasteiger partial charge in [-0.1, -0.05) is 54.6 Å². The van der Waals surface area contributed by atoms with Crippen LogP contribution in [0.5, 0.6) is 5.75 Å². The van der Waals surface area contributed by atoms with E-state index in [0.717, 1.165) is 25.3 Å². The Kier molecular flexibility index (Phi) is 10.3. The van der Waals surface area contributed by atoms with E-state index in [4.69, 9.17) is 4.74 Å². The van der Waals surface area contributed by atoms with Crippen LogP contribution in [-0.2, 0) is 32.8 Å². The van der Waals surface area contributed by atoms with Gasteiger partial charge in [-0.05, 0) is 54.3 Å². The number of anilines is 1. The van der Waals surface area contributed by atoms with E-state index in [0.29, 0.717) is 17.0 Å². The third-order valence-electron chi connectivity index (χ3n) is 6.66. The molecule has 0 bridgehead atoms. The second-order valence-electron chi connectivity index (χ2n) is 9.78. The molecule has 0 aliphatic carbocycles. The lowest BCUT2D eigenvalue weighted by Crippen LogP contribution is -2.54. The van der Waals surface area contributed by atoms with Gasteiger partial charge in [0.2, 0.25) is 11.8 Å². The monoisotopic (exact) mass is 566 g/mol. The van der Waals surface area contributed by atoms with Crippen molar-refractivity contribution in [3.8, 4) is 5.75 Å². The van der Waals surface area contributed by atoms with Gasteiger partial charge in [0.1, 0.15) is 18.3 Å². The summed E-state index contributed by atoms with van der Waals surface area (Å²) in [7, 11) is 1.87. The van der Waals surface area contributed by atoms with Crippen LogP contribution in [0.15, 0.2) is 72.8 Å². The average Bonchev–Trinajstić information content (AvgIpc) is 2.94. The maximum Gasteiger partial charge on any atom is 0.304 e. The van der Waals surface area contributed by atoms with Crippen molar-refractivity contribution < 1.29 is 22.7 Å². The summed E-state index contributed by atoms with van der Waals surface area (Å²) in [6, 6.07) is 21.2. The Morgan fingerprint density at radius 3 is 2.23 bits per heavy atom. The zero-order chi connectivity index (χ0) is 29.4. The predicted molar refractivity (Wildman–Crippen MR) is 157 cm³/mol. The largest absolute Gasteiger partial charge is 0.497 e. The van der Waals surface area contributed by atoms with Crippen LogP contribution in [0, 0.1) is 13.8 Å². The van der Waals surface area contributed by atoms with Crippen LogP contribution in [0.25, 0.3) is 0 Å². The summed E-state index contributed by atoms with van der Waals surface area (Å²) in [5, 5.41) is 2.68. The van der Waals surface area contributed by atoms with E-state index >= 15 is 0 Å². The first-order valence-corrected chi connectivity index (χ1v) is 14.3. The minimum absolute atomic E-state index is 0.0730. The highest BCUT2D eigenvalue weighted by atomic mass is 32.2. The number of nitrogens with zero attached hydrogens (tertiary/aromatic N) is 3. The highest BCUT2D eigenvalue weighted by Crippen LogP contribution is 2.26. The Labute approximate surface area is 237 Å². The van der Waals surface area contributed by atoms with Crippen LogP contribution >= 0.6 is 0 Å². The number of hydrogen-bond acceptors (Lipinski definition) is 5. The maximum atomic E-state index is 14.2. The van der Waals surface area contributed by atoms with Gasteiger partial charge in [-0.2, -0.15) is 12.7 Å². The van der Waals surface area contributed by atoms with Crippen molar-refractivity contribution in [3.63, 3.8) is 0 Å². The molecular weight excluding hydrogens is 528 g/mol. The van der Waals surface area contributed by atoms with Crippen LogP contribution in [-0.4, -0.2) is 70.3 Å². The number of hydrogen-bond donors (Lipinski definition) is 1. The molecule has 0 saturated carbocycles. The van der Waals surface area contributed by atoms with Crippen LogP contribution < -0.4 is 14.4 Å². The Morgan fingerprint density at radius 1 is 0.925 bits per heavy atom. The number of benzene rings is 3. The van der Waals surface area contributed by atoms with Gasteiger partial charge in [-0.3, -0.25) is 9.59 Å². The van der Waals surface area contributed by atoms with E-state index in [1.807, 2.05) is 61.5 Å². The molecule has 0 aromatic heterocycles. The van der Waals surface area contributed by atoms with Gasteiger partial charge in [0.25, 0.3) is 0 Å². The van der Waals surface area contributed by atoms with Gasteiger partial charge in [0, 0.05) is 34.1 Å². The van der Waals surface area contributed by atoms with Crippen molar-refractivity contribution in [1.29, 1.82) is 0 Å². The molecule has 1 N–H and O–H groups in total. The number of likely N-dealkylation sites (N-methyl/N-ethyl adjacent to an activating group) is 1. The van der Waals surface area contributed by atoms with E-state index in [1.54, 1.807) is 32.2 Å². The fraction of sp³-hybridized carbons (Fsp3) is 0.333. The molecular formula is C30H38N4O5S. The predicted octanol–water partition coefficient (Wildman–Crippen LogP) is 3.31. The lowest BCUT2D eigenvalue weighted by atomic mass is 10.0. The number of rotatable bonds is 12. The molecule has 214 valence electrons. The molecule has 10 heteroatoms. The van der Waals surface area contributed by atoms with E-state index in [-0.39, 0.29) is 18.9 Å². The third-order valence-corrected chi connectivity index (χ3v) is 8.46. The van der Waals surface area contributed by atoms with Crippen molar-refractivity contribution in [3.05, 3.63) is 95.1 Å². The molecule has 0 unspecified atom stereocenters. The van der Waals surface area contributed by atoms with Crippen molar-refractivity contribution >= 4 is 27.7 Å². The van der Waals surface area contributed by atoms with Crippen LogP contribution in [0.3, 0.4) is 0 Å². The quantitative estimate of drug-likeness (QED) is 0.363. The molecule has 40 heavy (non-hydrogen) atoms. The van der Waals surface area contributed by atoms with Crippen LogP contribution in [0.1, 0.15) is 22.3 Å². The number of carbonyl (C=O) groups is 2. The molecule has 0 radical (unpaired) electrons. The molecule has 3 aromatic rings. The van der Waals surface area contributed by atoms with Crippen LogP contribution in [0.4, 0.5) is 5.69 Å². The average molecular weight is 567 g/mol. The van der Waals surface area contributed by atoms with Gasteiger partial charge in [0.05, 0.1) is 12.8 Å². The molecule has 0 spiro atoms. The Balaban J connectivity index is 2.11. The SMILES string of the molecule is CNC(=O)[C@H](Cc1ccccc1)N(Cc1cccc(OC)c1)C(=O)CN(c1cc(C)ccc1C)S(=O)(=O)N(C)C. The van der Waals surface area contributed by atoms with Crippen molar-refractivity contribution in [2.45, 2.75) is 32.9 Å². The number of carbonyl (C=O) groups excluding carboxylic acids is 2. The summed E-state index contributed by atoms with van der Waals surface area (Å²) >= 11 is 0. The summed E-state index contributed by atoms with van der Waals surface area (Å²) in [5.74, 6) is -0.260.